The molecule has 7 nitrogen and oxygen atoms in total. The van der Waals surface area contributed by atoms with E-state index in [2.05, 4.69) is 49.7 Å². The zero-order valence-corrected chi connectivity index (χ0v) is 21.4. The summed E-state index contributed by atoms with van der Waals surface area (Å²) in [4.78, 5) is 21.8. The molecule has 3 heterocycles. The fraction of sp³-hybridized carbons (Fsp3) is 0.586. The molecule has 1 atom stereocenters. The number of rotatable bonds is 9. The smallest absolute Gasteiger partial charge is 0.224 e. The van der Waals surface area contributed by atoms with E-state index in [1.807, 2.05) is 24.5 Å². The van der Waals surface area contributed by atoms with Crippen LogP contribution in [0, 0.1) is 5.92 Å². The third kappa shape index (κ3) is 6.84. The lowest BCUT2D eigenvalue weighted by atomic mass is 10.0. The second kappa shape index (κ2) is 12.7. The number of pyridine rings is 1. The number of aromatic nitrogens is 1. The molecule has 1 aliphatic carbocycles. The van der Waals surface area contributed by atoms with Gasteiger partial charge in [0, 0.05) is 75.0 Å². The lowest BCUT2D eigenvalue weighted by molar-refractivity contribution is -0.117. The zero-order chi connectivity index (χ0) is 24.6. The summed E-state index contributed by atoms with van der Waals surface area (Å²) in [6.07, 6.45) is 11.7. The van der Waals surface area contributed by atoms with Crippen LogP contribution in [0.4, 0.5) is 11.4 Å². The second-order valence-corrected chi connectivity index (χ2v) is 10.6. The predicted octanol–water partition coefficient (Wildman–Crippen LogP) is 4.23. The van der Waals surface area contributed by atoms with Crippen LogP contribution in [0.1, 0.15) is 56.6 Å². The van der Waals surface area contributed by atoms with Gasteiger partial charge in [0.25, 0.3) is 0 Å². The summed E-state index contributed by atoms with van der Waals surface area (Å²) in [6, 6.07) is 13.4. The van der Waals surface area contributed by atoms with Crippen LogP contribution < -0.4 is 15.5 Å². The molecule has 1 aromatic heterocycles. The van der Waals surface area contributed by atoms with Crippen molar-refractivity contribution in [2.45, 2.75) is 57.0 Å². The van der Waals surface area contributed by atoms with Gasteiger partial charge in [-0.2, -0.15) is 0 Å². The SMILES string of the molecule is O=C(CC1CCCC1)Nc1cccc(N2CCC(NC[C@H](c3cccnc3)N3CCOCC3)CC2)c1. The van der Waals surface area contributed by atoms with E-state index in [4.69, 9.17) is 4.74 Å². The van der Waals surface area contributed by atoms with Crippen molar-refractivity contribution < 1.29 is 9.53 Å². The van der Waals surface area contributed by atoms with Crippen molar-refractivity contribution in [1.29, 1.82) is 0 Å². The van der Waals surface area contributed by atoms with E-state index >= 15 is 0 Å². The molecule has 1 aromatic carbocycles. The molecule has 7 heteroatoms. The molecule has 2 N–H and O–H groups in total. The molecule has 0 bridgehead atoms. The van der Waals surface area contributed by atoms with Crippen molar-refractivity contribution in [3.05, 3.63) is 54.4 Å². The van der Waals surface area contributed by atoms with Crippen molar-refractivity contribution in [2.24, 2.45) is 5.92 Å². The van der Waals surface area contributed by atoms with Gasteiger partial charge >= 0.3 is 0 Å². The lowest BCUT2D eigenvalue weighted by Gasteiger charge is -2.38. The number of carbonyl (C=O) groups excluding carboxylic acids is 1. The second-order valence-electron chi connectivity index (χ2n) is 10.6. The summed E-state index contributed by atoms with van der Waals surface area (Å²) in [6.45, 7) is 6.50. The van der Waals surface area contributed by atoms with Gasteiger partial charge in [0.2, 0.25) is 5.91 Å². The molecule has 2 saturated heterocycles. The highest BCUT2D eigenvalue weighted by molar-refractivity contribution is 5.91. The highest BCUT2D eigenvalue weighted by Gasteiger charge is 2.26. The first-order chi connectivity index (χ1) is 17.7. The third-order valence-electron chi connectivity index (χ3n) is 8.09. The molecule has 1 saturated carbocycles. The van der Waals surface area contributed by atoms with Crippen molar-refractivity contribution in [3.8, 4) is 0 Å². The van der Waals surface area contributed by atoms with Gasteiger partial charge in [0.05, 0.1) is 13.2 Å². The van der Waals surface area contributed by atoms with Crippen LogP contribution in [0.2, 0.25) is 0 Å². The Morgan fingerprint density at radius 3 is 2.58 bits per heavy atom. The average molecular weight is 492 g/mol. The van der Waals surface area contributed by atoms with E-state index in [1.165, 1.54) is 36.9 Å². The van der Waals surface area contributed by atoms with Crippen LogP contribution >= 0.6 is 0 Å². The van der Waals surface area contributed by atoms with Gasteiger partial charge in [-0.3, -0.25) is 14.7 Å². The number of hydrogen-bond donors (Lipinski definition) is 2. The fourth-order valence-electron chi connectivity index (χ4n) is 6.01. The molecule has 3 fully saturated rings. The zero-order valence-electron chi connectivity index (χ0n) is 21.4. The topological polar surface area (TPSA) is 69.7 Å². The minimum atomic E-state index is 0.158. The van der Waals surface area contributed by atoms with Gasteiger partial charge in [0.1, 0.15) is 0 Å². The summed E-state index contributed by atoms with van der Waals surface area (Å²) < 4.78 is 5.59. The van der Waals surface area contributed by atoms with Crippen molar-refractivity contribution >= 4 is 17.3 Å². The minimum Gasteiger partial charge on any atom is -0.379 e. The van der Waals surface area contributed by atoms with E-state index in [1.54, 1.807) is 0 Å². The summed E-state index contributed by atoms with van der Waals surface area (Å²) in [5.74, 6) is 0.728. The normalized spacial score (nSPS) is 20.9. The Balaban J connectivity index is 1.11. The first-order valence-corrected chi connectivity index (χ1v) is 13.8. The standard InChI is InChI=1S/C29H41N5O2/c35-29(19-23-5-1-2-6-23)32-26-8-3-9-27(20-26)33-13-10-25(11-14-33)31-22-28(24-7-4-12-30-21-24)34-15-17-36-18-16-34/h3-4,7-9,12,20-21,23,25,28,31H,1-2,5-6,10-11,13-19,22H2,(H,32,35)/t28-/m1/s1. The molecule has 3 aliphatic rings. The maximum atomic E-state index is 12.5. The van der Waals surface area contributed by atoms with Gasteiger partial charge < -0.3 is 20.3 Å². The maximum Gasteiger partial charge on any atom is 0.224 e. The van der Waals surface area contributed by atoms with Gasteiger partial charge in [-0.05, 0) is 61.4 Å². The molecule has 1 amide bonds. The van der Waals surface area contributed by atoms with Crippen LogP contribution in [0.3, 0.4) is 0 Å². The lowest BCUT2D eigenvalue weighted by Crippen LogP contribution is -2.47. The summed E-state index contributed by atoms with van der Waals surface area (Å²) in [7, 11) is 0. The van der Waals surface area contributed by atoms with Crippen LogP contribution in [-0.2, 0) is 9.53 Å². The Morgan fingerprint density at radius 1 is 1.03 bits per heavy atom. The monoisotopic (exact) mass is 491 g/mol. The van der Waals surface area contributed by atoms with E-state index in [0.29, 0.717) is 24.4 Å². The van der Waals surface area contributed by atoms with E-state index in [-0.39, 0.29) is 5.91 Å². The van der Waals surface area contributed by atoms with Crippen molar-refractivity contribution in [1.82, 2.24) is 15.2 Å². The van der Waals surface area contributed by atoms with Crippen LogP contribution in [0.25, 0.3) is 0 Å². The molecular weight excluding hydrogens is 450 g/mol. The Hall–Kier alpha value is -2.48. The number of piperidine rings is 1. The number of nitrogens with one attached hydrogen (secondary N) is 2. The Labute approximate surface area is 215 Å². The van der Waals surface area contributed by atoms with Crippen LogP contribution in [0.5, 0.6) is 0 Å². The van der Waals surface area contributed by atoms with Gasteiger partial charge in [-0.15, -0.1) is 0 Å². The molecular formula is C29H41N5O2. The summed E-state index contributed by atoms with van der Waals surface area (Å²) in [5, 5.41) is 7.01. The molecule has 2 aromatic rings. The maximum absolute atomic E-state index is 12.5. The number of ether oxygens (including phenoxy) is 1. The highest BCUT2D eigenvalue weighted by atomic mass is 16.5. The first-order valence-electron chi connectivity index (χ1n) is 13.8. The van der Waals surface area contributed by atoms with Gasteiger partial charge in [-0.25, -0.2) is 0 Å². The van der Waals surface area contributed by atoms with Gasteiger partial charge in [0.15, 0.2) is 0 Å². The number of nitrogens with zero attached hydrogens (tertiary/aromatic N) is 3. The van der Waals surface area contributed by atoms with Crippen molar-refractivity contribution in [2.75, 3.05) is 56.2 Å². The Bertz CT molecular complexity index is 951. The molecule has 194 valence electrons. The number of anilines is 2. The van der Waals surface area contributed by atoms with Crippen LogP contribution in [-0.4, -0.2) is 67.8 Å². The van der Waals surface area contributed by atoms with E-state index in [9.17, 15) is 4.79 Å². The molecule has 0 unspecified atom stereocenters. The largest absolute Gasteiger partial charge is 0.379 e. The van der Waals surface area contributed by atoms with Crippen molar-refractivity contribution in [3.63, 3.8) is 0 Å². The Kier molecular flexibility index (Phi) is 8.85. The Morgan fingerprint density at radius 2 is 1.83 bits per heavy atom. The molecule has 36 heavy (non-hydrogen) atoms. The molecule has 0 spiro atoms. The van der Waals surface area contributed by atoms with E-state index in [0.717, 1.165) is 64.5 Å². The first kappa shape index (κ1) is 25.2. The van der Waals surface area contributed by atoms with Gasteiger partial charge in [-0.1, -0.05) is 25.0 Å². The number of benzene rings is 1. The fourth-order valence-corrected chi connectivity index (χ4v) is 6.01. The third-order valence-corrected chi connectivity index (χ3v) is 8.09. The predicted molar refractivity (Wildman–Crippen MR) is 144 cm³/mol. The summed E-state index contributed by atoms with van der Waals surface area (Å²) in [5.41, 5.74) is 3.39. The number of morpholine rings is 1. The van der Waals surface area contributed by atoms with E-state index < -0.39 is 0 Å². The summed E-state index contributed by atoms with van der Waals surface area (Å²) >= 11 is 0. The molecule has 2 aliphatic heterocycles. The average Bonchev–Trinajstić information content (AvgIpc) is 3.43. The number of hydrogen-bond acceptors (Lipinski definition) is 6. The minimum absolute atomic E-state index is 0.158. The molecule has 5 rings (SSSR count). The molecule has 0 radical (unpaired) electrons. The van der Waals surface area contributed by atoms with Crippen LogP contribution in [0.15, 0.2) is 48.8 Å². The highest BCUT2D eigenvalue weighted by Crippen LogP contribution is 2.29. The number of amides is 1. The quantitative estimate of drug-likeness (QED) is 0.547. The number of carbonyl (C=O) groups is 1.